The molecule has 0 radical (unpaired) electrons. The van der Waals surface area contributed by atoms with Crippen LogP contribution in [0.3, 0.4) is 0 Å². The molecule has 0 bridgehead atoms. The van der Waals surface area contributed by atoms with Gasteiger partial charge >= 0.3 is 0 Å². The number of hydrogen-bond donors (Lipinski definition) is 1. The zero-order chi connectivity index (χ0) is 11.4. The highest BCUT2D eigenvalue weighted by atomic mass is 19.1. The first-order chi connectivity index (χ1) is 8.33. The summed E-state index contributed by atoms with van der Waals surface area (Å²) < 4.78 is 13.4. The average molecular weight is 230 g/mol. The summed E-state index contributed by atoms with van der Waals surface area (Å²) in [5.41, 5.74) is 3.78. The lowest BCUT2D eigenvalue weighted by molar-refractivity contribution is 0.244. The van der Waals surface area contributed by atoms with Crippen molar-refractivity contribution in [1.82, 2.24) is 9.88 Å². The highest BCUT2D eigenvalue weighted by molar-refractivity contribution is 5.85. The van der Waals surface area contributed by atoms with E-state index < -0.39 is 0 Å². The van der Waals surface area contributed by atoms with Gasteiger partial charge in [-0.1, -0.05) is 0 Å². The van der Waals surface area contributed by atoms with Gasteiger partial charge in [-0.3, -0.25) is 4.90 Å². The maximum Gasteiger partial charge on any atom is 0.123 e. The van der Waals surface area contributed by atoms with Crippen molar-refractivity contribution < 1.29 is 4.39 Å². The van der Waals surface area contributed by atoms with E-state index in [9.17, 15) is 4.39 Å². The van der Waals surface area contributed by atoms with Crippen LogP contribution in [0.15, 0.2) is 18.2 Å². The predicted molar refractivity (Wildman–Crippen MR) is 65.5 cm³/mol. The zero-order valence-electron chi connectivity index (χ0n) is 9.67. The Morgan fingerprint density at radius 3 is 3.18 bits per heavy atom. The van der Waals surface area contributed by atoms with Crippen LogP contribution in [0.2, 0.25) is 0 Å². The van der Waals surface area contributed by atoms with E-state index in [-0.39, 0.29) is 5.82 Å². The van der Waals surface area contributed by atoms with Crippen molar-refractivity contribution in [3.05, 3.63) is 35.3 Å². The Bertz CT molecular complexity index is 587. The third-order valence-corrected chi connectivity index (χ3v) is 4.23. The van der Waals surface area contributed by atoms with Crippen molar-refractivity contribution >= 4 is 10.9 Å². The van der Waals surface area contributed by atoms with E-state index >= 15 is 0 Å². The van der Waals surface area contributed by atoms with Gasteiger partial charge in [0.2, 0.25) is 0 Å². The van der Waals surface area contributed by atoms with Crippen molar-refractivity contribution in [2.75, 3.05) is 13.1 Å². The number of fused-ring (bicyclic) bond motifs is 5. The van der Waals surface area contributed by atoms with Gasteiger partial charge in [-0.2, -0.15) is 0 Å². The second-order valence-electron chi connectivity index (χ2n) is 5.15. The lowest BCUT2D eigenvalue weighted by Gasteiger charge is -2.29. The molecular weight excluding hydrogens is 215 g/mol. The van der Waals surface area contributed by atoms with E-state index in [0.717, 1.165) is 23.9 Å². The summed E-state index contributed by atoms with van der Waals surface area (Å²) >= 11 is 0. The molecule has 2 nitrogen and oxygen atoms in total. The normalized spacial score (nSPS) is 23.9. The molecule has 1 aromatic heterocycles. The van der Waals surface area contributed by atoms with Gasteiger partial charge in [0.15, 0.2) is 0 Å². The quantitative estimate of drug-likeness (QED) is 0.737. The molecular formula is C14H15FN2. The van der Waals surface area contributed by atoms with E-state index in [0.29, 0.717) is 6.04 Å². The topological polar surface area (TPSA) is 19.0 Å². The molecule has 4 rings (SSSR count). The maximum absolute atomic E-state index is 13.4. The Kier molecular flexibility index (Phi) is 1.89. The van der Waals surface area contributed by atoms with Gasteiger partial charge < -0.3 is 4.98 Å². The van der Waals surface area contributed by atoms with Gasteiger partial charge in [0.05, 0.1) is 0 Å². The van der Waals surface area contributed by atoms with Crippen LogP contribution in [-0.2, 0) is 6.42 Å². The standard InChI is InChI=1S/C14H15FN2/c15-9-3-4-11-10(8-9)14-12(16-11)5-7-17-6-1-2-13(14)17/h3-4,8,13,16H,1-2,5-7H2/t13-/m1/s1. The molecule has 1 aromatic carbocycles. The highest BCUT2D eigenvalue weighted by Gasteiger charge is 2.33. The summed E-state index contributed by atoms with van der Waals surface area (Å²) in [6.45, 7) is 2.35. The van der Waals surface area contributed by atoms with Gasteiger partial charge in [-0.05, 0) is 43.1 Å². The molecule has 3 heterocycles. The third-order valence-electron chi connectivity index (χ3n) is 4.23. The third kappa shape index (κ3) is 1.29. The Morgan fingerprint density at radius 1 is 1.29 bits per heavy atom. The first-order valence-corrected chi connectivity index (χ1v) is 6.37. The van der Waals surface area contributed by atoms with Gasteiger partial charge in [-0.15, -0.1) is 0 Å². The summed E-state index contributed by atoms with van der Waals surface area (Å²) in [6.07, 6.45) is 3.56. The lowest BCUT2D eigenvalue weighted by Crippen LogP contribution is -2.30. The number of nitrogens with one attached hydrogen (secondary N) is 1. The Balaban J connectivity index is 1.99. The van der Waals surface area contributed by atoms with Crippen LogP contribution in [0.5, 0.6) is 0 Å². The van der Waals surface area contributed by atoms with Crippen LogP contribution in [0.25, 0.3) is 10.9 Å². The Morgan fingerprint density at radius 2 is 2.24 bits per heavy atom. The molecule has 2 aromatic rings. The summed E-state index contributed by atoms with van der Waals surface area (Å²) in [5.74, 6) is -0.130. The monoisotopic (exact) mass is 230 g/mol. The smallest absolute Gasteiger partial charge is 0.123 e. The average Bonchev–Trinajstić information content (AvgIpc) is 2.90. The number of nitrogens with zero attached hydrogens (tertiary/aromatic N) is 1. The second kappa shape index (κ2) is 3.33. The Labute approximate surface area is 99.4 Å². The summed E-state index contributed by atoms with van der Waals surface area (Å²) in [5, 5.41) is 1.09. The van der Waals surface area contributed by atoms with Crippen molar-refractivity contribution in [3.63, 3.8) is 0 Å². The molecule has 0 amide bonds. The van der Waals surface area contributed by atoms with Gasteiger partial charge in [0.1, 0.15) is 5.82 Å². The van der Waals surface area contributed by atoms with Crippen molar-refractivity contribution in [3.8, 4) is 0 Å². The molecule has 1 fully saturated rings. The SMILES string of the molecule is Fc1ccc2[nH]c3c(c2c1)[C@H]1CCCN1CC3. The van der Waals surface area contributed by atoms with Crippen molar-refractivity contribution in [1.29, 1.82) is 0 Å². The number of halogens is 1. The molecule has 88 valence electrons. The molecule has 2 aliphatic rings. The van der Waals surface area contributed by atoms with Gasteiger partial charge in [0.25, 0.3) is 0 Å². The minimum Gasteiger partial charge on any atom is -0.358 e. The first kappa shape index (κ1) is 9.66. The number of aromatic amines is 1. The van der Waals surface area contributed by atoms with E-state index in [2.05, 4.69) is 9.88 Å². The Hall–Kier alpha value is -1.35. The van der Waals surface area contributed by atoms with Crippen LogP contribution >= 0.6 is 0 Å². The summed E-state index contributed by atoms with van der Waals surface area (Å²) in [6, 6.07) is 5.61. The second-order valence-corrected chi connectivity index (χ2v) is 5.15. The zero-order valence-corrected chi connectivity index (χ0v) is 9.67. The molecule has 1 atom stereocenters. The lowest BCUT2D eigenvalue weighted by atomic mass is 9.96. The van der Waals surface area contributed by atoms with Crippen molar-refractivity contribution in [2.24, 2.45) is 0 Å². The number of aromatic nitrogens is 1. The molecule has 1 saturated heterocycles. The molecule has 0 saturated carbocycles. The fraction of sp³-hybridized carbons (Fsp3) is 0.429. The van der Waals surface area contributed by atoms with E-state index in [1.807, 2.05) is 6.07 Å². The molecule has 1 N–H and O–H groups in total. The van der Waals surface area contributed by atoms with Crippen LogP contribution in [-0.4, -0.2) is 23.0 Å². The fourth-order valence-corrected chi connectivity index (χ4v) is 3.49. The number of benzene rings is 1. The number of H-pyrrole nitrogens is 1. The molecule has 0 unspecified atom stereocenters. The van der Waals surface area contributed by atoms with E-state index in [1.54, 1.807) is 6.07 Å². The fourth-order valence-electron chi connectivity index (χ4n) is 3.49. The molecule has 2 aliphatic heterocycles. The van der Waals surface area contributed by atoms with Crippen LogP contribution in [0.4, 0.5) is 4.39 Å². The summed E-state index contributed by atoms with van der Waals surface area (Å²) in [7, 11) is 0. The molecule has 3 heteroatoms. The number of rotatable bonds is 0. The van der Waals surface area contributed by atoms with E-state index in [1.165, 1.54) is 36.7 Å². The minimum absolute atomic E-state index is 0.130. The predicted octanol–water partition coefficient (Wildman–Crippen LogP) is 3.00. The van der Waals surface area contributed by atoms with Crippen LogP contribution in [0.1, 0.15) is 30.1 Å². The molecule has 17 heavy (non-hydrogen) atoms. The minimum atomic E-state index is -0.130. The number of hydrogen-bond acceptors (Lipinski definition) is 1. The highest BCUT2D eigenvalue weighted by Crippen LogP contribution is 2.41. The van der Waals surface area contributed by atoms with Crippen molar-refractivity contribution in [2.45, 2.75) is 25.3 Å². The maximum atomic E-state index is 13.4. The first-order valence-electron chi connectivity index (χ1n) is 6.37. The van der Waals surface area contributed by atoms with E-state index in [4.69, 9.17) is 0 Å². The van der Waals surface area contributed by atoms with Crippen LogP contribution in [0, 0.1) is 5.82 Å². The van der Waals surface area contributed by atoms with Gasteiger partial charge in [-0.25, -0.2) is 4.39 Å². The summed E-state index contributed by atoms with van der Waals surface area (Å²) in [4.78, 5) is 6.00. The molecule has 0 aliphatic carbocycles. The largest absolute Gasteiger partial charge is 0.358 e. The molecule has 0 spiro atoms. The van der Waals surface area contributed by atoms with Crippen LogP contribution < -0.4 is 0 Å². The van der Waals surface area contributed by atoms with Gasteiger partial charge in [0, 0.05) is 35.6 Å².